The van der Waals surface area contributed by atoms with E-state index in [2.05, 4.69) is 17.3 Å². The predicted octanol–water partition coefficient (Wildman–Crippen LogP) is 0.389. The number of nitrogens with one attached hydrogen (secondary N) is 1. The first kappa shape index (κ1) is 13.8. The van der Waals surface area contributed by atoms with E-state index in [0.29, 0.717) is 12.1 Å². The molecule has 104 valence electrons. The summed E-state index contributed by atoms with van der Waals surface area (Å²) in [5.41, 5.74) is 0. The average molecular weight is 256 g/mol. The summed E-state index contributed by atoms with van der Waals surface area (Å²) in [5, 5.41) is 3.37. The Balaban J connectivity index is 1.72. The van der Waals surface area contributed by atoms with Gasteiger partial charge in [0.15, 0.2) is 0 Å². The van der Waals surface area contributed by atoms with Crippen LogP contribution in [0.15, 0.2) is 0 Å². The van der Waals surface area contributed by atoms with Gasteiger partial charge in [0.2, 0.25) is 0 Å². The molecule has 2 heterocycles. The molecule has 0 spiro atoms. The minimum Gasteiger partial charge on any atom is -0.462 e. The maximum absolute atomic E-state index is 11.8. The van der Waals surface area contributed by atoms with Gasteiger partial charge in [-0.25, -0.2) is 0 Å². The largest absolute Gasteiger partial charge is 0.462 e. The van der Waals surface area contributed by atoms with Crippen molar-refractivity contribution >= 4 is 5.97 Å². The number of carbonyl (C=O) groups is 1. The van der Waals surface area contributed by atoms with Gasteiger partial charge in [-0.3, -0.25) is 9.69 Å². The number of ether oxygens (including phenoxy) is 2. The molecular formula is C13H24N2O3. The highest BCUT2D eigenvalue weighted by Gasteiger charge is 2.33. The van der Waals surface area contributed by atoms with Gasteiger partial charge in [0, 0.05) is 12.6 Å². The molecule has 2 rings (SSSR count). The van der Waals surface area contributed by atoms with Gasteiger partial charge in [-0.2, -0.15) is 0 Å². The fourth-order valence-corrected chi connectivity index (χ4v) is 2.44. The molecular weight excluding hydrogens is 232 g/mol. The van der Waals surface area contributed by atoms with Gasteiger partial charge in [-0.15, -0.1) is 0 Å². The lowest BCUT2D eigenvalue weighted by Gasteiger charge is -2.36. The van der Waals surface area contributed by atoms with E-state index in [-0.39, 0.29) is 18.1 Å². The third-order valence-electron chi connectivity index (χ3n) is 3.63. The molecule has 2 aliphatic rings. The first-order chi connectivity index (χ1) is 8.56. The first-order valence-corrected chi connectivity index (χ1v) is 6.80. The van der Waals surface area contributed by atoms with Gasteiger partial charge in [0.05, 0.1) is 25.4 Å². The average Bonchev–Trinajstić information content (AvgIpc) is 2.62. The summed E-state index contributed by atoms with van der Waals surface area (Å²) in [7, 11) is 2.12. The molecule has 2 atom stereocenters. The van der Waals surface area contributed by atoms with E-state index in [1.165, 1.54) is 0 Å². The minimum atomic E-state index is -0.122. The van der Waals surface area contributed by atoms with Crippen LogP contribution in [0.2, 0.25) is 0 Å². The number of rotatable bonds is 5. The van der Waals surface area contributed by atoms with Gasteiger partial charge in [0.25, 0.3) is 0 Å². The van der Waals surface area contributed by atoms with Crippen LogP contribution in [0.3, 0.4) is 0 Å². The van der Waals surface area contributed by atoms with Crippen molar-refractivity contribution in [2.45, 2.75) is 50.9 Å². The lowest BCUT2D eigenvalue weighted by Crippen LogP contribution is -2.51. The number of hydrogen-bond donors (Lipinski definition) is 1. The first-order valence-electron chi connectivity index (χ1n) is 6.80. The molecule has 0 aromatic carbocycles. The summed E-state index contributed by atoms with van der Waals surface area (Å²) >= 11 is 0. The van der Waals surface area contributed by atoms with Crippen molar-refractivity contribution in [3.8, 4) is 0 Å². The van der Waals surface area contributed by atoms with E-state index in [9.17, 15) is 4.79 Å². The van der Waals surface area contributed by atoms with Crippen LogP contribution in [-0.4, -0.2) is 61.9 Å². The second kappa shape index (κ2) is 5.99. The molecule has 0 amide bonds. The molecule has 1 N–H and O–H groups in total. The number of esters is 1. The van der Waals surface area contributed by atoms with Gasteiger partial charge in [-0.1, -0.05) is 0 Å². The summed E-state index contributed by atoms with van der Waals surface area (Å²) in [4.78, 5) is 14.1. The standard InChI is InChI=1S/C13H24N2O3/c1-9(2)18-13(16)12-5-4-10(14-12)6-15(3)11-7-17-8-11/h9-12,14H,4-8H2,1-3H3. The molecule has 0 saturated carbocycles. The summed E-state index contributed by atoms with van der Waals surface area (Å²) in [6.45, 7) is 6.41. The third-order valence-corrected chi connectivity index (χ3v) is 3.63. The zero-order valence-corrected chi connectivity index (χ0v) is 11.5. The van der Waals surface area contributed by atoms with Crippen LogP contribution < -0.4 is 5.32 Å². The Morgan fingerprint density at radius 1 is 1.44 bits per heavy atom. The van der Waals surface area contributed by atoms with E-state index >= 15 is 0 Å². The summed E-state index contributed by atoms with van der Waals surface area (Å²) in [6.07, 6.45) is 1.88. The van der Waals surface area contributed by atoms with E-state index in [1.807, 2.05) is 13.8 Å². The van der Waals surface area contributed by atoms with Crippen LogP contribution in [0.5, 0.6) is 0 Å². The number of carbonyl (C=O) groups excluding carboxylic acids is 1. The number of likely N-dealkylation sites (N-methyl/N-ethyl adjacent to an activating group) is 1. The molecule has 2 aliphatic heterocycles. The maximum Gasteiger partial charge on any atom is 0.323 e. The van der Waals surface area contributed by atoms with E-state index < -0.39 is 0 Å². The molecule has 5 nitrogen and oxygen atoms in total. The summed E-state index contributed by atoms with van der Waals surface area (Å²) in [5.74, 6) is -0.109. The van der Waals surface area contributed by atoms with Crippen LogP contribution in [0.25, 0.3) is 0 Å². The summed E-state index contributed by atoms with van der Waals surface area (Å²) in [6, 6.07) is 0.817. The maximum atomic E-state index is 11.8. The molecule has 0 aromatic rings. The van der Waals surface area contributed by atoms with Crippen molar-refractivity contribution in [2.24, 2.45) is 0 Å². The van der Waals surface area contributed by atoms with Gasteiger partial charge in [0.1, 0.15) is 6.04 Å². The van der Waals surface area contributed by atoms with Crippen LogP contribution in [0.1, 0.15) is 26.7 Å². The molecule has 0 aromatic heterocycles. The molecule has 0 radical (unpaired) electrons. The van der Waals surface area contributed by atoms with Crippen molar-refractivity contribution in [2.75, 3.05) is 26.8 Å². The molecule has 0 bridgehead atoms. The monoisotopic (exact) mass is 256 g/mol. The quantitative estimate of drug-likeness (QED) is 0.721. The number of hydrogen-bond acceptors (Lipinski definition) is 5. The van der Waals surface area contributed by atoms with Crippen molar-refractivity contribution in [1.29, 1.82) is 0 Å². The fraction of sp³-hybridized carbons (Fsp3) is 0.923. The molecule has 18 heavy (non-hydrogen) atoms. The van der Waals surface area contributed by atoms with Crippen LogP contribution >= 0.6 is 0 Å². The highest BCUT2D eigenvalue weighted by atomic mass is 16.5. The van der Waals surface area contributed by atoms with Gasteiger partial charge >= 0.3 is 5.97 Å². The Bertz CT molecular complexity index is 292. The Hall–Kier alpha value is -0.650. The molecule has 0 aliphatic carbocycles. The second-order valence-electron chi connectivity index (χ2n) is 5.61. The lowest BCUT2D eigenvalue weighted by molar-refractivity contribution is -0.149. The van der Waals surface area contributed by atoms with E-state index in [4.69, 9.17) is 9.47 Å². The van der Waals surface area contributed by atoms with Crippen molar-refractivity contribution in [3.05, 3.63) is 0 Å². The van der Waals surface area contributed by atoms with Crippen LogP contribution in [0, 0.1) is 0 Å². The molecule has 2 fully saturated rings. The van der Waals surface area contributed by atoms with E-state index in [0.717, 1.165) is 32.6 Å². The Labute approximate surface area is 109 Å². The normalized spacial score (nSPS) is 28.7. The van der Waals surface area contributed by atoms with E-state index in [1.54, 1.807) is 0 Å². The van der Waals surface area contributed by atoms with Crippen LogP contribution in [0.4, 0.5) is 0 Å². The van der Waals surface area contributed by atoms with Crippen molar-refractivity contribution < 1.29 is 14.3 Å². The fourth-order valence-electron chi connectivity index (χ4n) is 2.44. The third kappa shape index (κ3) is 3.43. The molecule has 2 unspecified atom stereocenters. The minimum absolute atomic E-state index is 0.0341. The zero-order valence-electron chi connectivity index (χ0n) is 11.5. The SMILES string of the molecule is CC(C)OC(=O)C1CCC(CN(C)C2COC2)N1. The number of nitrogens with zero attached hydrogens (tertiary/aromatic N) is 1. The topological polar surface area (TPSA) is 50.8 Å². The van der Waals surface area contributed by atoms with Crippen molar-refractivity contribution in [1.82, 2.24) is 10.2 Å². The highest BCUT2D eigenvalue weighted by molar-refractivity contribution is 5.76. The predicted molar refractivity (Wildman–Crippen MR) is 68.4 cm³/mol. The smallest absolute Gasteiger partial charge is 0.323 e. The highest BCUT2D eigenvalue weighted by Crippen LogP contribution is 2.17. The second-order valence-corrected chi connectivity index (χ2v) is 5.61. The Morgan fingerprint density at radius 3 is 2.72 bits per heavy atom. The lowest BCUT2D eigenvalue weighted by atomic mass is 10.1. The Morgan fingerprint density at radius 2 is 2.17 bits per heavy atom. The van der Waals surface area contributed by atoms with Crippen LogP contribution in [-0.2, 0) is 14.3 Å². The zero-order chi connectivity index (χ0) is 13.1. The molecule has 2 saturated heterocycles. The molecule has 5 heteroatoms. The van der Waals surface area contributed by atoms with Gasteiger partial charge < -0.3 is 14.8 Å². The van der Waals surface area contributed by atoms with Gasteiger partial charge in [-0.05, 0) is 33.7 Å². The van der Waals surface area contributed by atoms with Crippen molar-refractivity contribution in [3.63, 3.8) is 0 Å². The summed E-state index contributed by atoms with van der Waals surface area (Å²) < 4.78 is 10.4. The Kier molecular flexibility index (Phi) is 4.59.